The second kappa shape index (κ2) is 10.8. The number of anilines is 1. The van der Waals surface area contributed by atoms with Crippen LogP contribution in [0.3, 0.4) is 0 Å². The third-order valence-corrected chi connectivity index (χ3v) is 7.24. The first-order valence-electron chi connectivity index (χ1n) is 11.5. The number of benzene rings is 2. The van der Waals surface area contributed by atoms with E-state index in [0.29, 0.717) is 5.76 Å². The fraction of sp³-hybridized carbons (Fsp3) is 0.148. The van der Waals surface area contributed by atoms with Gasteiger partial charge in [0.1, 0.15) is 10.7 Å². The SMILES string of the molecule is Cc1cc(C)[n+](NC(=O)c2ccccc2C(=O)c2cc(S(N)(=O)=O)c(Cl)cc2NCc2ccco2)c(C)c1. The summed E-state index contributed by atoms with van der Waals surface area (Å²) in [4.78, 5) is 26.8. The van der Waals surface area contributed by atoms with Gasteiger partial charge >= 0.3 is 5.91 Å². The van der Waals surface area contributed by atoms with Gasteiger partial charge in [-0.3, -0.25) is 9.59 Å². The second-order valence-electron chi connectivity index (χ2n) is 8.77. The molecule has 0 unspecified atom stereocenters. The summed E-state index contributed by atoms with van der Waals surface area (Å²) in [6, 6.07) is 16.0. The molecule has 1 amide bonds. The average Bonchev–Trinajstić information content (AvgIpc) is 3.37. The quantitative estimate of drug-likeness (QED) is 0.223. The average molecular weight is 554 g/mol. The predicted octanol–water partition coefficient (Wildman–Crippen LogP) is 4.02. The van der Waals surface area contributed by atoms with Gasteiger partial charge in [-0.1, -0.05) is 34.5 Å². The molecule has 0 spiro atoms. The summed E-state index contributed by atoms with van der Waals surface area (Å²) in [6.07, 6.45) is 1.50. The number of nitrogens with zero attached hydrogens (tertiary/aromatic N) is 1. The van der Waals surface area contributed by atoms with Crippen molar-refractivity contribution in [3.63, 3.8) is 0 Å². The normalized spacial score (nSPS) is 11.3. The Morgan fingerprint density at radius 3 is 2.21 bits per heavy atom. The van der Waals surface area contributed by atoms with E-state index in [1.807, 2.05) is 32.9 Å². The van der Waals surface area contributed by atoms with E-state index in [2.05, 4.69) is 10.7 Å². The number of carbonyl (C=O) groups excluding carboxylic acids is 2. The summed E-state index contributed by atoms with van der Waals surface area (Å²) >= 11 is 6.21. The highest BCUT2D eigenvalue weighted by atomic mass is 35.5. The van der Waals surface area contributed by atoms with Crippen LogP contribution in [0.1, 0.15) is 49.0 Å². The van der Waals surface area contributed by atoms with Gasteiger partial charge in [0.25, 0.3) is 0 Å². The molecule has 0 radical (unpaired) electrons. The van der Waals surface area contributed by atoms with Crippen LogP contribution < -0.4 is 20.6 Å². The van der Waals surface area contributed by atoms with Crippen LogP contribution in [0.2, 0.25) is 5.02 Å². The Morgan fingerprint density at radius 2 is 1.61 bits per heavy atom. The van der Waals surface area contributed by atoms with Gasteiger partial charge in [0, 0.05) is 42.8 Å². The number of rotatable bonds is 8. The maximum atomic E-state index is 13.8. The van der Waals surface area contributed by atoms with Crippen LogP contribution in [0.4, 0.5) is 5.69 Å². The molecule has 0 aliphatic rings. The molecule has 0 fully saturated rings. The highest BCUT2D eigenvalue weighted by molar-refractivity contribution is 7.89. The van der Waals surface area contributed by atoms with Crippen LogP contribution in [0.5, 0.6) is 0 Å². The summed E-state index contributed by atoms with van der Waals surface area (Å²) in [5.74, 6) is -0.531. The van der Waals surface area contributed by atoms with Crippen molar-refractivity contribution >= 4 is 39.0 Å². The van der Waals surface area contributed by atoms with Gasteiger partial charge in [-0.15, -0.1) is 5.43 Å². The van der Waals surface area contributed by atoms with E-state index in [-0.39, 0.29) is 33.9 Å². The lowest BCUT2D eigenvalue weighted by molar-refractivity contribution is -0.654. The number of furan rings is 1. The number of primary sulfonamides is 1. The van der Waals surface area contributed by atoms with Crippen molar-refractivity contribution in [1.29, 1.82) is 0 Å². The Hall–Kier alpha value is -3.99. The number of amides is 1. The third kappa shape index (κ3) is 5.77. The van der Waals surface area contributed by atoms with E-state index in [0.717, 1.165) is 23.0 Å². The number of aryl methyl sites for hydroxylation is 3. The molecular formula is C27H26ClN4O5S+. The predicted molar refractivity (Wildman–Crippen MR) is 143 cm³/mol. The molecule has 2 heterocycles. The summed E-state index contributed by atoms with van der Waals surface area (Å²) < 4.78 is 31.3. The number of pyridine rings is 1. The van der Waals surface area contributed by atoms with E-state index >= 15 is 0 Å². The summed E-state index contributed by atoms with van der Waals surface area (Å²) in [7, 11) is -4.24. The maximum absolute atomic E-state index is 13.8. The molecular weight excluding hydrogens is 528 g/mol. The molecule has 0 saturated heterocycles. The number of hydrogen-bond acceptors (Lipinski definition) is 6. The molecule has 0 atom stereocenters. The topological polar surface area (TPSA) is 135 Å². The van der Waals surface area contributed by atoms with Crippen LogP contribution >= 0.6 is 11.6 Å². The first-order chi connectivity index (χ1) is 18.0. The van der Waals surface area contributed by atoms with Gasteiger partial charge in [0.15, 0.2) is 5.78 Å². The minimum Gasteiger partial charge on any atom is -0.467 e. The molecule has 9 nitrogen and oxygen atoms in total. The smallest absolute Gasteiger partial charge is 0.306 e. The molecule has 4 rings (SSSR count). The van der Waals surface area contributed by atoms with Crippen molar-refractivity contribution in [2.45, 2.75) is 32.2 Å². The molecule has 38 heavy (non-hydrogen) atoms. The van der Waals surface area contributed by atoms with Crippen molar-refractivity contribution < 1.29 is 27.1 Å². The van der Waals surface area contributed by atoms with Gasteiger partial charge in [0.2, 0.25) is 21.4 Å². The molecule has 0 saturated carbocycles. The number of hydrogen-bond donors (Lipinski definition) is 3. The van der Waals surface area contributed by atoms with Crippen molar-refractivity contribution in [2.75, 3.05) is 10.7 Å². The standard InChI is InChI=1S/C27H25ClN4O5S/c1-16-11-17(2)32(18(3)12-16)31-27(34)21-9-5-4-8-20(21)26(33)22-13-25(38(29,35)36)23(28)14-24(22)30-15-19-7-6-10-37-19/h4-14H,15H2,1-3H3,(H3-,29,30,31,33,34,35,36)/p+1. The zero-order valence-electron chi connectivity index (χ0n) is 20.9. The molecule has 2 aromatic heterocycles. The Kier molecular flexibility index (Phi) is 7.68. The van der Waals surface area contributed by atoms with Crippen molar-refractivity contribution in [1.82, 2.24) is 0 Å². The van der Waals surface area contributed by atoms with E-state index in [9.17, 15) is 18.0 Å². The van der Waals surface area contributed by atoms with Gasteiger partial charge in [-0.25, -0.2) is 13.6 Å². The van der Waals surface area contributed by atoms with E-state index in [4.69, 9.17) is 21.2 Å². The van der Waals surface area contributed by atoms with E-state index < -0.39 is 26.6 Å². The van der Waals surface area contributed by atoms with Crippen molar-refractivity contribution in [3.8, 4) is 0 Å². The Balaban J connectivity index is 1.77. The number of sulfonamides is 1. The number of nitrogens with one attached hydrogen (secondary N) is 2. The minimum absolute atomic E-state index is 0.0272. The van der Waals surface area contributed by atoms with Crippen LogP contribution in [0.25, 0.3) is 0 Å². The fourth-order valence-electron chi connectivity index (χ4n) is 4.17. The molecule has 196 valence electrons. The number of halogens is 1. The van der Waals surface area contributed by atoms with E-state index in [1.54, 1.807) is 28.9 Å². The van der Waals surface area contributed by atoms with Gasteiger partial charge in [-0.05, 0) is 42.8 Å². The minimum atomic E-state index is -4.24. The van der Waals surface area contributed by atoms with Crippen LogP contribution in [0.15, 0.2) is 76.2 Å². The first-order valence-corrected chi connectivity index (χ1v) is 13.5. The van der Waals surface area contributed by atoms with Crippen molar-refractivity contribution in [3.05, 3.63) is 111 Å². The fourth-order valence-corrected chi connectivity index (χ4v) is 5.27. The number of nitrogens with two attached hydrogens (primary N) is 1. The molecule has 0 aliphatic carbocycles. The largest absolute Gasteiger partial charge is 0.467 e. The third-order valence-electron chi connectivity index (χ3n) is 5.86. The zero-order chi connectivity index (χ0) is 27.6. The molecule has 2 aromatic carbocycles. The van der Waals surface area contributed by atoms with Crippen LogP contribution in [0, 0.1) is 20.8 Å². The molecule has 4 aromatic rings. The summed E-state index contributed by atoms with van der Waals surface area (Å²) in [6.45, 7) is 5.87. The number of aromatic nitrogens is 1. The molecule has 0 bridgehead atoms. The molecule has 4 N–H and O–H groups in total. The van der Waals surface area contributed by atoms with Crippen LogP contribution in [-0.2, 0) is 16.6 Å². The first kappa shape index (κ1) is 27.1. The van der Waals surface area contributed by atoms with Gasteiger partial charge < -0.3 is 9.73 Å². The lowest BCUT2D eigenvalue weighted by Gasteiger charge is -2.15. The van der Waals surface area contributed by atoms with E-state index in [1.165, 1.54) is 24.5 Å². The van der Waals surface area contributed by atoms with Gasteiger partial charge in [-0.2, -0.15) is 0 Å². The molecule has 11 heteroatoms. The summed E-state index contributed by atoms with van der Waals surface area (Å²) in [5.41, 5.74) is 5.88. The van der Waals surface area contributed by atoms with Crippen molar-refractivity contribution in [2.24, 2.45) is 5.14 Å². The monoisotopic (exact) mass is 553 g/mol. The lowest BCUT2D eigenvalue weighted by Crippen LogP contribution is -2.53. The molecule has 0 aliphatic heterocycles. The zero-order valence-corrected chi connectivity index (χ0v) is 22.5. The highest BCUT2D eigenvalue weighted by Gasteiger charge is 2.26. The summed E-state index contributed by atoms with van der Waals surface area (Å²) in [5, 5.41) is 8.24. The van der Waals surface area contributed by atoms with Crippen LogP contribution in [-0.4, -0.2) is 20.1 Å². The Labute approximate surface area is 225 Å². The second-order valence-corrected chi connectivity index (χ2v) is 10.7. The number of ketones is 1. The highest BCUT2D eigenvalue weighted by Crippen LogP contribution is 2.31. The lowest BCUT2D eigenvalue weighted by atomic mass is 9.96. The maximum Gasteiger partial charge on any atom is 0.306 e. The Bertz CT molecular complexity index is 1630. The van der Waals surface area contributed by atoms with Gasteiger partial charge in [0.05, 0.1) is 23.4 Å². The number of carbonyl (C=O) groups is 2. The Morgan fingerprint density at radius 1 is 0.947 bits per heavy atom.